The van der Waals surface area contributed by atoms with Crippen molar-refractivity contribution in [3.8, 4) is 50.2 Å². The van der Waals surface area contributed by atoms with Crippen molar-refractivity contribution in [2.24, 2.45) is 0 Å². The Bertz CT molecular complexity index is 2940. The summed E-state index contributed by atoms with van der Waals surface area (Å²) in [6, 6.07) is 83.1. The molecule has 0 atom stereocenters. The van der Waals surface area contributed by atoms with Crippen LogP contribution in [0.25, 0.3) is 72.0 Å². The molecule has 0 fully saturated rings. The first-order valence-electron chi connectivity index (χ1n) is 19.2. The SMILES string of the molecule is c1ccc(-c2ccc(N(c3ccc4c5ccccc5n(-c5ccccc5-c5cccc(-c6ccccc6)c5)c4c3)c3ccccc3-c3ccccc3)cc2)cc1. The predicted molar refractivity (Wildman–Crippen MR) is 237 cm³/mol. The fourth-order valence-electron chi connectivity index (χ4n) is 8.16. The molecule has 10 rings (SSSR count). The van der Waals surface area contributed by atoms with Crippen LogP contribution in [0, 0.1) is 0 Å². The van der Waals surface area contributed by atoms with E-state index in [1.165, 1.54) is 60.8 Å². The van der Waals surface area contributed by atoms with Crippen LogP contribution in [0.2, 0.25) is 0 Å². The summed E-state index contributed by atoms with van der Waals surface area (Å²) in [6.07, 6.45) is 0. The fourth-order valence-corrected chi connectivity index (χ4v) is 8.16. The van der Waals surface area contributed by atoms with Crippen molar-refractivity contribution < 1.29 is 0 Å². The van der Waals surface area contributed by atoms with Gasteiger partial charge in [0.1, 0.15) is 0 Å². The summed E-state index contributed by atoms with van der Waals surface area (Å²) in [5.41, 5.74) is 16.3. The largest absolute Gasteiger partial charge is 0.310 e. The summed E-state index contributed by atoms with van der Waals surface area (Å²) >= 11 is 0. The molecule has 0 unspecified atom stereocenters. The lowest BCUT2D eigenvalue weighted by Crippen LogP contribution is -2.11. The Morgan fingerprint density at radius 2 is 0.804 bits per heavy atom. The molecule has 0 aliphatic rings. The third kappa shape index (κ3) is 6.04. The van der Waals surface area contributed by atoms with Crippen LogP contribution in [0.5, 0.6) is 0 Å². The number of hydrogen-bond donors (Lipinski definition) is 0. The molecule has 0 radical (unpaired) electrons. The lowest BCUT2D eigenvalue weighted by Gasteiger charge is -2.28. The zero-order chi connectivity index (χ0) is 37.3. The zero-order valence-electron chi connectivity index (χ0n) is 30.8. The average molecular weight is 715 g/mol. The minimum Gasteiger partial charge on any atom is -0.310 e. The van der Waals surface area contributed by atoms with Crippen LogP contribution in [0.4, 0.5) is 17.1 Å². The molecule has 0 aliphatic carbocycles. The highest BCUT2D eigenvalue weighted by atomic mass is 15.1. The van der Waals surface area contributed by atoms with Crippen LogP contribution in [0.3, 0.4) is 0 Å². The van der Waals surface area contributed by atoms with E-state index in [-0.39, 0.29) is 0 Å². The monoisotopic (exact) mass is 714 g/mol. The van der Waals surface area contributed by atoms with Gasteiger partial charge in [0.15, 0.2) is 0 Å². The van der Waals surface area contributed by atoms with Gasteiger partial charge in [-0.15, -0.1) is 0 Å². The van der Waals surface area contributed by atoms with Gasteiger partial charge in [0.2, 0.25) is 0 Å². The summed E-state index contributed by atoms with van der Waals surface area (Å²) in [5, 5.41) is 2.44. The molecule has 0 saturated carbocycles. The Kier molecular flexibility index (Phi) is 8.55. The summed E-state index contributed by atoms with van der Waals surface area (Å²) in [4.78, 5) is 2.41. The average Bonchev–Trinajstić information content (AvgIpc) is 3.61. The number of hydrogen-bond acceptors (Lipinski definition) is 1. The Labute approximate surface area is 327 Å². The molecule has 56 heavy (non-hydrogen) atoms. The number of fused-ring (bicyclic) bond motifs is 3. The lowest BCUT2D eigenvalue weighted by atomic mass is 9.98. The maximum absolute atomic E-state index is 2.46. The molecule has 264 valence electrons. The minimum absolute atomic E-state index is 1.08. The number of nitrogens with zero attached hydrogens (tertiary/aromatic N) is 2. The summed E-state index contributed by atoms with van der Waals surface area (Å²) in [5.74, 6) is 0. The van der Waals surface area contributed by atoms with Gasteiger partial charge >= 0.3 is 0 Å². The molecule has 2 nitrogen and oxygen atoms in total. The van der Waals surface area contributed by atoms with Crippen molar-refractivity contribution in [1.82, 2.24) is 4.57 Å². The number of para-hydroxylation sites is 3. The predicted octanol–water partition coefficient (Wildman–Crippen LogP) is 14.9. The maximum atomic E-state index is 2.46. The van der Waals surface area contributed by atoms with Gasteiger partial charge in [-0.2, -0.15) is 0 Å². The smallest absolute Gasteiger partial charge is 0.0562 e. The number of benzene rings is 9. The number of rotatable bonds is 8. The van der Waals surface area contributed by atoms with Gasteiger partial charge in [-0.1, -0.05) is 182 Å². The maximum Gasteiger partial charge on any atom is 0.0562 e. The van der Waals surface area contributed by atoms with Crippen molar-refractivity contribution in [3.63, 3.8) is 0 Å². The molecule has 1 aromatic heterocycles. The lowest BCUT2D eigenvalue weighted by molar-refractivity contribution is 1.18. The van der Waals surface area contributed by atoms with Crippen molar-refractivity contribution >= 4 is 38.9 Å². The van der Waals surface area contributed by atoms with Crippen molar-refractivity contribution in [3.05, 3.63) is 231 Å². The van der Waals surface area contributed by atoms with Crippen LogP contribution in [0.15, 0.2) is 231 Å². The highest BCUT2D eigenvalue weighted by Crippen LogP contribution is 2.44. The molecule has 0 amide bonds. The van der Waals surface area contributed by atoms with Gasteiger partial charge in [0.25, 0.3) is 0 Å². The molecule has 2 heteroatoms. The number of anilines is 3. The van der Waals surface area contributed by atoms with Gasteiger partial charge in [-0.3, -0.25) is 0 Å². The van der Waals surface area contributed by atoms with Crippen molar-refractivity contribution in [1.29, 1.82) is 0 Å². The summed E-state index contributed by atoms with van der Waals surface area (Å²) in [6.45, 7) is 0. The van der Waals surface area contributed by atoms with Gasteiger partial charge in [-0.25, -0.2) is 0 Å². The Morgan fingerprint density at radius 1 is 0.286 bits per heavy atom. The van der Waals surface area contributed by atoms with Crippen LogP contribution in [-0.2, 0) is 0 Å². The fraction of sp³-hybridized carbons (Fsp3) is 0. The van der Waals surface area contributed by atoms with Gasteiger partial charge < -0.3 is 9.47 Å². The molecule has 0 bridgehead atoms. The summed E-state index contributed by atoms with van der Waals surface area (Å²) < 4.78 is 2.46. The van der Waals surface area contributed by atoms with E-state index in [0.717, 1.165) is 28.3 Å². The molecule has 0 N–H and O–H groups in total. The molecular weight excluding hydrogens is 677 g/mol. The van der Waals surface area contributed by atoms with E-state index in [0.29, 0.717) is 0 Å². The molecule has 0 aliphatic heterocycles. The van der Waals surface area contributed by atoms with Crippen LogP contribution in [-0.4, -0.2) is 4.57 Å². The highest BCUT2D eigenvalue weighted by Gasteiger charge is 2.21. The Hall–Kier alpha value is -7.42. The van der Waals surface area contributed by atoms with Gasteiger partial charge in [0, 0.05) is 33.3 Å². The van der Waals surface area contributed by atoms with E-state index in [4.69, 9.17) is 0 Å². The third-order valence-electron chi connectivity index (χ3n) is 10.8. The van der Waals surface area contributed by atoms with Crippen molar-refractivity contribution in [2.45, 2.75) is 0 Å². The van der Waals surface area contributed by atoms with E-state index < -0.39 is 0 Å². The normalized spacial score (nSPS) is 11.2. The first kappa shape index (κ1) is 33.2. The van der Waals surface area contributed by atoms with Crippen molar-refractivity contribution in [2.75, 3.05) is 4.90 Å². The molecule has 0 spiro atoms. The van der Waals surface area contributed by atoms with Crippen LogP contribution in [0.1, 0.15) is 0 Å². The molecule has 9 aromatic carbocycles. The Morgan fingerprint density at radius 3 is 1.55 bits per heavy atom. The second-order valence-electron chi connectivity index (χ2n) is 14.1. The first-order chi connectivity index (χ1) is 27.8. The second kappa shape index (κ2) is 14.4. The summed E-state index contributed by atoms with van der Waals surface area (Å²) in [7, 11) is 0. The van der Waals surface area contributed by atoms with Gasteiger partial charge in [0.05, 0.1) is 22.4 Å². The van der Waals surface area contributed by atoms with E-state index in [2.05, 4.69) is 240 Å². The quantitative estimate of drug-likeness (QED) is 0.152. The van der Waals surface area contributed by atoms with E-state index in [1.54, 1.807) is 0 Å². The number of aromatic nitrogens is 1. The van der Waals surface area contributed by atoms with E-state index in [9.17, 15) is 0 Å². The highest BCUT2D eigenvalue weighted by molar-refractivity contribution is 6.11. The third-order valence-corrected chi connectivity index (χ3v) is 10.8. The van der Waals surface area contributed by atoms with Gasteiger partial charge in [-0.05, 0) is 81.9 Å². The molecular formula is C54H38N2. The molecule has 0 saturated heterocycles. The standard InChI is InChI=1S/C54H38N2/c1-4-17-39(18-5-1)41-31-33-45(34-32-41)55(51-28-13-10-25-47(51)42-21-8-3-9-22-42)46-35-36-50-49-27-12-15-30-53(49)56(54(50)38-46)52-29-14-11-26-48(52)44-24-16-23-43(37-44)40-19-6-2-7-20-40/h1-38H. The second-order valence-corrected chi connectivity index (χ2v) is 14.1. The topological polar surface area (TPSA) is 8.17 Å². The van der Waals surface area contributed by atoms with E-state index >= 15 is 0 Å². The zero-order valence-corrected chi connectivity index (χ0v) is 30.8. The minimum atomic E-state index is 1.08. The first-order valence-corrected chi connectivity index (χ1v) is 19.2. The molecule has 10 aromatic rings. The van der Waals surface area contributed by atoms with Crippen LogP contribution < -0.4 is 4.90 Å². The van der Waals surface area contributed by atoms with Crippen LogP contribution >= 0.6 is 0 Å². The van der Waals surface area contributed by atoms with E-state index in [1.807, 2.05) is 0 Å². The Balaban J connectivity index is 1.19. The molecule has 1 heterocycles.